The van der Waals surface area contributed by atoms with Crippen LogP contribution in [0.2, 0.25) is 4.34 Å². The van der Waals surface area contributed by atoms with Gasteiger partial charge in [0.05, 0.1) is 36.7 Å². The van der Waals surface area contributed by atoms with Gasteiger partial charge in [0, 0.05) is 43.7 Å². The number of anilines is 1. The van der Waals surface area contributed by atoms with E-state index in [-0.39, 0.29) is 18.2 Å². The molecular formula is C21H24ClN3O4S. The van der Waals surface area contributed by atoms with Gasteiger partial charge in [0.1, 0.15) is 0 Å². The Hall–Kier alpha value is -2.13. The van der Waals surface area contributed by atoms with Gasteiger partial charge in [-0.25, -0.2) is 4.90 Å². The molecule has 0 radical (unpaired) electrons. The van der Waals surface area contributed by atoms with Crippen molar-refractivity contribution in [2.75, 3.05) is 45.3 Å². The zero-order chi connectivity index (χ0) is 21.3. The maximum Gasteiger partial charge on any atom is 0.251 e. The fourth-order valence-electron chi connectivity index (χ4n) is 4.03. The van der Waals surface area contributed by atoms with Gasteiger partial charge < -0.3 is 9.47 Å². The quantitative estimate of drug-likeness (QED) is 0.632. The minimum absolute atomic E-state index is 0.175. The summed E-state index contributed by atoms with van der Waals surface area (Å²) in [7, 11) is 3.08. The summed E-state index contributed by atoms with van der Waals surface area (Å²) in [4.78, 5) is 32.8. The molecule has 0 aliphatic carbocycles. The first-order valence-electron chi connectivity index (χ1n) is 9.79. The molecule has 7 nitrogen and oxygen atoms in total. The molecule has 2 aliphatic rings. The third-order valence-corrected chi connectivity index (χ3v) is 6.82. The van der Waals surface area contributed by atoms with E-state index in [0.717, 1.165) is 37.1 Å². The summed E-state index contributed by atoms with van der Waals surface area (Å²) >= 11 is 7.62. The number of piperazine rings is 1. The summed E-state index contributed by atoms with van der Waals surface area (Å²) in [5.74, 6) is 0.681. The molecule has 2 aromatic rings. The number of nitrogens with zero attached hydrogens (tertiary/aromatic N) is 3. The van der Waals surface area contributed by atoms with Crippen LogP contribution in [0.4, 0.5) is 5.69 Å². The van der Waals surface area contributed by atoms with Crippen molar-refractivity contribution in [3.05, 3.63) is 39.5 Å². The fraction of sp³-hybridized carbons (Fsp3) is 0.429. The Kier molecular flexibility index (Phi) is 6.29. The summed E-state index contributed by atoms with van der Waals surface area (Å²) in [5, 5.41) is 0. The summed E-state index contributed by atoms with van der Waals surface area (Å²) in [5.41, 5.74) is 0.512. The normalized spacial score (nSPS) is 20.8. The van der Waals surface area contributed by atoms with Crippen molar-refractivity contribution in [1.82, 2.24) is 9.80 Å². The Morgan fingerprint density at radius 1 is 1.03 bits per heavy atom. The third-order valence-electron chi connectivity index (χ3n) is 5.60. The molecule has 4 rings (SSSR count). The molecule has 1 atom stereocenters. The highest BCUT2D eigenvalue weighted by atomic mass is 35.5. The molecule has 2 saturated heterocycles. The molecule has 2 amide bonds. The molecule has 1 aromatic carbocycles. The van der Waals surface area contributed by atoms with Crippen molar-refractivity contribution in [1.29, 1.82) is 0 Å². The Balaban J connectivity index is 1.41. The van der Waals surface area contributed by atoms with Crippen LogP contribution in [0.3, 0.4) is 0 Å². The number of carbonyl (C=O) groups is 2. The highest BCUT2D eigenvalue weighted by molar-refractivity contribution is 7.16. The first kappa shape index (κ1) is 21.1. The maximum atomic E-state index is 13.1. The van der Waals surface area contributed by atoms with Crippen LogP contribution in [0.25, 0.3) is 0 Å². The number of carbonyl (C=O) groups excluding carboxylic acids is 2. The van der Waals surface area contributed by atoms with Gasteiger partial charge in [-0.15, -0.1) is 11.3 Å². The van der Waals surface area contributed by atoms with Crippen LogP contribution in [0.1, 0.15) is 11.3 Å². The predicted molar refractivity (Wildman–Crippen MR) is 117 cm³/mol. The standard InChI is InChI=1S/C21H24ClN3O4S/c1-28-17-5-3-14(11-18(17)29-2)25-20(26)12-16(21(25)27)24-9-7-23(8-10-24)13-15-4-6-19(22)30-15/h3-6,11,16H,7-10,12-13H2,1-2H3. The minimum atomic E-state index is -0.413. The molecule has 1 aromatic heterocycles. The van der Waals surface area contributed by atoms with Gasteiger partial charge in [0.25, 0.3) is 5.91 Å². The Labute approximate surface area is 184 Å². The largest absolute Gasteiger partial charge is 0.493 e. The van der Waals surface area contributed by atoms with Gasteiger partial charge in [-0.05, 0) is 24.3 Å². The van der Waals surface area contributed by atoms with E-state index in [4.69, 9.17) is 21.1 Å². The number of thiophene rings is 1. The molecule has 2 aliphatic heterocycles. The van der Waals surface area contributed by atoms with Crippen LogP contribution in [0, 0.1) is 0 Å². The van der Waals surface area contributed by atoms with E-state index in [0.29, 0.717) is 17.2 Å². The lowest BCUT2D eigenvalue weighted by Crippen LogP contribution is -2.52. The molecule has 0 bridgehead atoms. The molecular weight excluding hydrogens is 426 g/mol. The van der Waals surface area contributed by atoms with E-state index >= 15 is 0 Å². The van der Waals surface area contributed by atoms with Gasteiger partial charge in [0.15, 0.2) is 11.5 Å². The van der Waals surface area contributed by atoms with Crippen molar-refractivity contribution >= 4 is 40.4 Å². The lowest BCUT2D eigenvalue weighted by Gasteiger charge is -2.36. The summed E-state index contributed by atoms with van der Waals surface area (Å²) in [6.07, 6.45) is 0.202. The number of benzene rings is 1. The molecule has 160 valence electrons. The number of hydrogen-bond acceptors (Lipinski definition) is 7. The molecule has 0 spiro atoms. The van der Waals surface area contributed by atoms with Gasteiger partial charge in [-0.2, -0.15) is 0 Å². The second-order valence-corrected chi connectivity index (χ2v) is 9.14. The number of rotatable bonds is 6. The SMILES string of the molecule is COc1ccc(N2C(=O)CC(N3CCN(Cc4ccc(Cl)s4)CC3)C2=O)cc1OC. The van der Waals surface area contributed by atoms with Gasteiger partial charge in [-0.3, -0.25) is 19.4 Å². The minimum Gasteiger partial charge on any atom is -0.493 e. The number of ether oxygens (including phenoxy) is 2. The average Bonchev–Trinajstić information content (AvgIpc) is 3.30. The van der Waals surface area contributed by atoms with Gasteiger partial charge in [-0.1, -0.05) is 11.6 Å². The number of hydrogen-bond donors (Lipinski definition) is 0. The monoisotopic (exact) mass is 449 g/mol. The first-order chi connectivity index (χ1) is 14.5. The highest BCUT2D eigenvalue weighted by Gasteiger charge is 2.43. The lowest BCUT2D eigenvalue weighted by atomic mass is 10.1. The third kappa shape index (κ3) is 4.18. The van der Waals surface area contributed by atoms with E-state index in [1.807, 2.05) is 6.07 Å². The molecule has 1 unspecified atom stereocenters. The topological polar surface area (TPSA) is 62.3 Å². The van der Waals surface area contributed by atoms with Crippen molar-refractivity contribution in [2.24, 2.45) is 0 Å². The molecule has 0 saturated carbocycles. The lowest BCUT2D eigenvalue weighted by molar-refractivity contribution is -0.123. The number of methoxy groups -OCH3 is 2. The Bertz CT molecular complexity index is 942. The predicted octanol–water partition coefficient (Wildman–Crippen LogP) is 2.87. The van der Waals surface area contributed by atoms with Crippen LogP contribution in [0.15, 0.2) is 30.3 Å². The van der Waals surface area contributed by atoms with Crippen molar-refractivity contribution in [3.63, 3.8) is 0 Å². The number of imide groups is 1. The van der Waals surface area contributed by atoms with Crippen molar-refractivity contribution in [2.45, 2.75) is 19.0 Å². The molecule has 2 fully saturated rings. The highest BCUT2D eigenvalue weighted by Crippen LogP contribution is 2.34. The fourth-order valence-corrected chi connectivity index (χ4v) is 5.16. The molecule has 0 N–H and O–H groups in total. The zero-order valence-electron chi connectivity index (χ0n) is 17.0. The van der Waals surface area contributed by atoms with Crippen LogP contribution in [-0.4, -0.2) is 68.1 Å². The second-order valence-electron chi connectivity index (χ2n) is 7.34. The van der Waals surface area contributed by atoms with Crippen molar-refractivity contribution in [3.8, 4) is 11.5 Å². The molecule has 9 heteroatoms. The van der Waals surface area contributed by atoms with E-state index in [9.17, 15) is 9.59 Å². The van der Waals surface area contributed by atoms with Gasteiger partial charge in [0.2, 0.25) is 5.91 Å². The van der Waals surface area contributed by atoms with E-state index in [1.54, 1.807) is 36.6 Å². The summed E-state index contributed by atoms with van der Waals surface area (Å²) < 4.78 is 11.4. The van der Waals surface area contributed by atoms with Crippen LogP contribution < -0.4 is 14.4 Å². The van der Waals surface area contributed by atoms with Crippen LogP contribution in [-0.2, 0) is 16.1 Å². The van der Waals surface area contributed by atoms with E-state index in [1.165, 1.54) is 16.9 Å². The summed E-state index contributed by atoms with van der Waals surface area (Å²) in [6, 6.07) is 8.65. The average molecular weight is 450 g/mol. The summed E-state index contributed by atoms with van der Waals surface area (Å²) in [6.45, 7) is 4.07. The number of amides is 2. The second kappa shape index (κ2) is 8.93. The zero-order valence-corrected chi connectivity index (χ0v) is 18.5. The smallest absolute Gasteiger partial charge is 0.251 e. The number of halogens is 1. The molecule has 3 heterocycles. The molecule has 30 heavy (non-hydrogen) atoms. The van der Waals surface area contributed by atoms with Gasteiger partial charge >= 0.3 is 0 Å². The maximum absolute atomic E-state index is 13.1. The Morgan fingerprint density at radius 3 is 2.40 bits per heavy atom. The first-order valence-corrected chi connectivity index (χ1v) is 11.0. The Morgan fingerprint density at radius 2 is 1.77 bits per heavy atom. The van der Waals surface area contributed by atoms with Crippen LogP contribution in [0.5, 0.6) is 11.5 Å². The van der Waals surface area contributed by atoms with E-state index < -0.39 is 6.04 Å². The van der Waals surface area contributed by atoms with Crippen LogP contribution >= 0.6 is 22.9 Å². The van der Waals surface area contributed by atoms with E-state index in [2.05, 4.69) is 15.9 Å². The van der Waals surface area contributed by atoms with Crippen molar-refractivity contribution < 1.29 is 19.1 Å².